The highest BCUT2D eigenvalue weighted by Crippen LogP contribution is 2.16. The standard InChI is InChI=1S/C18H30N2O/c1-4-5-6-7-15-8-10-17(11-9-15)20-18(21)16(13-19)12-14(2)3/h8-11,14,16H,4-7,12-13,19H2,1-3H3,(H,20,21). The van der Waals surface area contributed by atoms with Crippen molar-refractivity contribution in [3.8, 4) is 0 Å². The van der Waals surface area contributed by atoms with E-state index in [4.69, 9.17) is 5.73 Å². The van der Waals surface area contributed by atoms with Gasteiger partial charge < -0.3 is 11.1 Å². The zero-order valence-corrected chi connectivity index (χ0v) is 13.7. The maximum absolute atomic E-state index is 12.2. The molecule has 0 saturated heterocycles. The molecule has 1 atom stereocenters. The Balaban J connectivity index is 2.52. The lowest BCUT2D eigenvalue weighted by molar-refractivity contribution is -0.120. The average Bonchev–Trinajstić information content (AvgIpc) is 2.46. The largest absolute Gasteiger partial charge is 0.330 e. The third kappa shape index (κ3) is 6.76. The third-order valence-electron chi connectivity index (χ3n) is 3.70. The number of benzene rings is 1. The number of unbranched alkanes of at least 4 members (excludes halogenated alkanes) is 2. The minimum atomic E-state index is -0.103. The van der Waals surface area contributed by atoms with Crippen LogP contribution in [0.15, 0.2) is 24.3 Å². The molecule has 0 fully saturated rings. The fourth-order valence-electron chi connectivity index (χ4n) is 2.46. The quantitative estimate of drug-likeness (QED) is 0.676. The van der Waals surface area contributed by atoms with Crippen LogP contribution in [0, 0.1) is 11.8 Å². The Labute approximate surface area is 129 Å². The highest BCUT2D eigenvalue weighted by Gasteiger charge is 2.18. The summed E-state index contributed by atoms with van der Waals surface area (Å²) in [5, 5.41) is 2.97. The van der Waals surface area contributed by atoms with Crippen molar-refractivity contribution in [3.63, 3.8) is 0 Å². The third-order valence-corrected chi connectivity index (χ3v) is 3.70. The van der Waals surface area contributed by atoms with E-state index in [1.165, 1.54) is 24.8 Å². The Bertz CT molecular complexity index is 412. The van der Waals surface area contributed by atoms with E-state index in [1.807, 2.05) is 12.1 Å². The van der Waals surface area contributed by atoms with E-state index < -0.39 is 0 Å². The molecule has 0 aliphatic carbocycles. The number of nitrogens with two attached hydrogens (primary N) is 1. The second-order valence-corrected chi connectivity index (χ2v) is 6.21. The smallest absolute Gasteiger partial charge is 0.228 e. The molecular formula is C18H30N2O. The lowest BCUT2D eigenvalue weighted by Gasteiger charge is -2.17. The highest BCUT2D eigenvalue weighted by atomic mass is 16.1. The monoisotopic (exact) mass is 290 g/mol. The summed E-state index contributed by atoms with van der Waals surface area (Å²) in [6, 6.07) is 8.18. The molecule has 1 unspecified atom stereocenters. The van der Waals surface area contributed by atoms with Crippen molar-refractivity contribution in [2.75, 3.05) is 11.9 Å². The zero-order valence-electron chi connectivity index (χ0n) is 13.7. The molecule has 0 aliphatic heterocycles. The number of hydrogen-bond acceptors (Lipinski definition) is 2. The van der Waals surface area contributed by atoms with Crippen LogP contribution in [-0.2, 0) is 11.2 Å². The molecule has 0 saturated carbocycles. The van der Waals surface area contributed by atoms with E-state index in [1.54, 1.807) is 0 Å². The molecule has 1 aromatic rings. The van der Waals surface area contributed by atoms with Crippen LogP contribution >= 0.6 is 0 Å². The van der Waals surface area contributed by atoms with Gasteiger partial charge in [-0.3, -0.25) is 4.79 Å². The van der Waals surface area contributed by atoms with Crippen LogP contribution in [0.3, 0.4) is 0 Å². The number of aryl methyl sites for hydroxylation is 1. The molecule has 1 aromatic carbocycles. The molecule has 0 bridgehead atoms. The van der Waals surface area contributed by atoms with E-state index in [9.17, 15) is 4.79 Å². The summed E-state index contributed by atoms with van der Waals surface area (Å²) >= 11 is 0. The molecule has 3 heteroatoms. The second kappa shape index (κ2) is 9.56. The summed E-state index contributed by atoms with van der Waals surface area (Å²) in [5.41, 5.74) is 7.90. The van der Waals surface area contributed by atoms with Gasteiger partial charge in [-0.05, 0) is 42.9 Å². The SMILES string of the molecule is CCCCCc1ccc(NC(=O)C(CN)CC(C)C)cc1. The Morgan fingerprint density at radius 2 is 1.86 bits per heavy atom. The second-order valence-electron chi connectivity index (χ2n) is 6.21. The fourth-order valence-corrected chi connectivity index (χ4v) is 2.46. The summed E-state index contributed by atoms with van der Waals surface area (Å²) in [7, 11) is 0. The molecular weight excluding hydrogens is 260 g/mol. The van der Waals surface area contributed by atoms with Crippen LogP contribution in [0.4, 0.5) is 5.69 Å². The fraction of sp³-hybridized carbons (Fsp3) is 0.611. The van der Waals surface area contributed by atoms with Crippen molar-refractivity contribution < 1.29 is 4.79 Å². The number of anilines is 1. The van der Waals surface area contributed by atoms with Gasteiger partial charge in [-0.15, -0.1) is 0 Å². The summed E-state index contributed by atoms with van der Waals surface area (Å²) in [4.78, 5) is 12.2. The molecule has 1 amide bonds. The van der Waals surface area contributed by atoms with Gasteiger partial charge in [0.2, 0.25) is 5.91 Å². The van der Waals surface area contributed by atoms with Crippen LogP contribution in [0.2, 0.25) is 0 Å². The van der Waals surface area contributed by atoms with Crippen LogP contribution < -0.4 is 11.1 Å². The van der Waals surface area contributed by atoms with Crippen LogP contribution in [0.25, 0.3) is 0 Å². The van der Waals surface area contributed by atoms with E-state index >= 15 is 0 Å². The van der Waals surface area contributed by atoms with Gasteiger partial charge >= 0.3 is 0 Å². The molecule has 0 spiro atoms. The summed E-state index contributed by atoms with van der Waals surface area (Å²) in [6.45, 7) is 6.84. The number of hydrogen-bond donors (Lipinski definition) is 2. The normalized spacial score (nSPS) is 12.4. The summed E-state index contributed by atoms with van der Waals surface area (Å²) in [6.07, 6.45) is 5.68. The van der Waals surface area contributed by atoms with E-state index in [2.05, 4.69) is 38.2 Å². The molecule has 3 nitrogen and oxygen atoms in total. The van der Waals surface area contributed by atoms with Crippen molar-refractivity contribution in [2.24, 2.45) is 17.6 Å². The lowest BCUT2D eigenvalue weighted by Crippen LogP contribution is -2.30. The van der Waals surface area contributed by atoms with Gasteiger partial charge in [0.15, 0.2) is 0 Å². The van der Waals surface area contributed by atoms with Gasteiger partial charge in [-0.1, -0.05) is 45.7 Å². The van der Waals surface area contributed by atoms with Crippen LogP contribution in [0.5, 0.6) is 0 Å². The molecule has 0 heterocycles. The number of amides is 1. The van der Waals surface area contributed by atoms with Crippen LogP contribution in [-0.4, -0.2) is 12.5 Å². The molecule has 0 aliphatic rings. The van der Waals surface area contributed by atoms with Crippen molar-refractivity contribution in [3.05, 3.63) is 29.8 Å². The predicted molar refractivity (Wildman–Crippen MR) is 90.3 cm³/mol. The van der Waals surface area contributed by atoms with Crippen molar-refractivity contribution in [1.29, 1.82) is 0 Å². The zero-order chi connectivity index (χ0) is 15.7. The van der Waals surface area contributed by atoms with Crippen molar-refractivity contribution in [1.82, 2.24) is 0 Å². The first kappa shape index (κ1) is 17.7. The van der Waals surface area contributed by atoms with Gasteiger partial charge in [0.1, 0.15) is 0 Å². The van der Waals surface area contributed by atoms with Gasteiger partial charge in [0.25, 0.3) is 0 Å². The lowest BCUT2D eigenvalue weighted by atomic mass is 9.96. The molecule has 0 aromatic heterocycles. The first-order valence-electron chi connectivity index (χ1n) is 8.16. The van der Waals surface area contributed by atoms with Gasteiger partial charge in [-0.25, -0.2) is 0 Å². The van der Waals surface area contributed by atoms with Gasteiger partial charge in [0.05, 0.1) is 5.92 Å². The number of carbonyl (C=O) groups is 1. The maximum atomic E-state index is 12.2. The molecule has 3 N–H and O–H groups in total. The van der Waals surface area contributed by atoms with Gasteiger partial charge in [-0.2, -0.15) is 0 Å². The highest BCUT2D eigenvalue weighted by molar-refractivity contribution is 5.92. The van der Waals surface area contributed by atoms with Crippen LogP contribution in [0.1, 0.15) is 52.0 Å². The first-order chi connectivity index (χ1) is 10.1. The molecule has 21 heavy (non-hydrogen) atoms. The minimum absolute atomic E-state index is 0.0323. The Morgan fingerprint density at radius 3 is 2.38 bits per heavy atom. The molecule has 0 radical (unpaired) electrons. The molecule has 1 rings (SSSR count). The topological polar surface area (TPSA) is 55.1 Å². The van der Waals surface area contributed by atoms with E-state index in [0.29, 0.717) is 12.5 Å². The van der Waals surface area contributed by atoms with Crippen molar-refractivity contribution in [2.45, 2.75) is 52.9 Å². The number of nitrogens with one attached hydrogen (secondary N) is 1. The predicted octanol–water partition coefficient (Wildman–Crippen LogP) is 3.98. The number of rotatable bonds is 9. The summed E-state index contributed by atoms with van der Waals surface area (Å²) in [5.74, 6) is 0.407. The Kier molecular flexibility index (Phi) is 8.06. The van der Waals surface area contributed by atoms with Crippen molar-refractivity contribution >= 4 is 11.6 Å². The Morgan fingerprint density at radius 1 is 1.19 bits per heavy atom. The maximum Gasteiger partial charge on any atom is 0.228 e. The first-order valence-corrected chi connectivity index (χ1v) is 8.16. The van der Waals surface area contributed by atoms with Gasteiger partial charge in [0, 0.05) is 12.2 Å². The summed E-state index contributed by atoms with van der Waals surface area (Å²) < 4.78 is 0. The van der Waals surface area contributed by atoms with E-state index in [0.717, 1.165) is 18.5 Å². The average molecular weight is 290 g/mol. The molecule has 118 valence electrons. The minimum Gasteiger partial charge on any atom is -0.330 e. The Hall–Kier alpha value is -1.35. The van der Waals surface area contributed by atoms with E-state index in [-0.39, 0.29) is 11.8 Å². The number of carbonyl (C=O) groups excluding carboxylic acids is 1.